The SMILES string of the molecule is Cc1ccc2nc(-c3ccccc3)ccc2c1C(=O)NCCCN1CCN(C)CC1. The lowest BCUT2D eigenvalue weighted by molar-refractivity contribution is 0.0950. The summed E-state index contributed by atoms with van der Waals surface area (Å²) in [5.41, 5.74) is 4.57. The predicted octanol–water partition coefficient (Wildman–Crippen LogP) is 3.58. The average Bonchev–Trinajstić information content (AvgIpc) is 2.78. The molecule has 0 radical (unpaired) electrons. The Kier molecular flexibility index (Phi) is 6.41. The van der Waals surface area contributed by atoms with Crippen molar-refractivity contribution in [3.8, 4) is 11.3 Å². The van der Waals surface area contributed by atoms with Gasteiger partial charge in [0, 0.05) is 43.7 Å². The average molecular weight is 403 g/mol. The van der Waals surface area contributed by atoms with Crippen LogP contribution in [0.5, 0.6) is 0 Å². The van der Waals surface area contributed by atoms with E-state index in [0.717, 1.165) is 72.4 Å². The molecule has 1 amide bonds. The highest BCUT2D eigenvalue weighted by Gasteiger charge is 2.16. The molecule has 0 aliphatic carbocycles. The Balaban J connectivity index is 1.43. The van der Waals surface area contributed by atoms with Gasteiger partial charge in [-0.15, -0.1) is 0 Å². The lowest BCUT2D eigenvalue weighted by Gasteiger charge is -2.32. The Labute approximate surface area is 178 Å². The third-order valence-corrected chi connectivity index (χ3v) is 5.91. The van der Waals surface area contributed by atoms with E-state index in [0.29, 0.717) is 6.54 Å². The number of carbonyl (C=O) groups is 1. The normalized spacial score (nSPS) is 15.4. The molecule has 1 aliphatic rings. The lowest BCUT2D eigenvalue weighted by Crippen LogP contribution is -2.45. The van der Waals surface area contributed by atoms with Gasteiger partial charge in [-0.3, -0.25) is 4.79 Å². The van der Waals surface area contributed by atoms with Crippen LogP contribution in [0.25, 0.3) is 22.2 Å². The summed E-state index contributed by atoms with van der Waals surface area (Å²) in [6, 6.07) is 18.1. The largest absolute Gasteiger partial charge is 0.352 e. The van der Waals surface area contributed by atoms with E-state index in [-0.39, 0.29) is 5.91 Å². The number of aryl methyl sites for hydroxylation is 1. The number of nitrogens with one attached hydrogen (secondary N) is 1. The summed E-state index contributed by atoms with van der Waals surface area (Å²) in [6.45, 7) is 8.19. The fraction of sp³-hybridized carbons (Fsp3) is 0.360. The van der Waals surface area contributed by atoms with Gasteiger partial charge < -0.3 is 15.1 Å². The maximum Gasteiger partial charge on any atom is 0.252 e. The number of hydrogen-bond acceptors (Lipinski definition) is 4. The number of likely N-dealkylation sites (N-methyl/N-ethyl adjacent to an activating group) is 1. The van der Waals surface area contributed by atoms with Gasteiger partial charge in [0.1, 0.15) is 0 Å². The van der Waals surface area contributed by atoms with E-state index in [1.807, 2.05) is 49.4 Å². The van der Waals surface area contributed by atoms with Gasteiger partial charge in [-0.2, -0.15) is 0 Å². The van der Waals surface area contributed by atoms with E-state index in [1.54, 1.807) is 0 Å². The zero-order valence-corrected chi connectivity index (χ0v) is 17.9. The summed E-state index contributed by atoms with van der Waals surface area (Å²) < 4.78 is 0. The Morgan fingerprint density at radius 1 is 1.00 bits per heavy atom. The van der Waals surface area contributed by atoms with Gasteiger partial charge in [-0.25, -0.2) is 4.98 Å². The smallest absolute Gasteiger partial charge is 0.252 e. The molecule has 0 atom stereocenters. The standard InChI is InChI=1S/C25H30N4O/c1-19-9-11-23-21(10-12-22(27-23)20-7-4-3-5-8-20)24(19)25(30)26-13-6-14-29-17-15-28(2)16-18-29/h3-5,7-12H,6,13-18H2,1-2H3,(H,26,30). The summed E-state index contributed by atoms with van der Waals surface area (Å²) in [5, 5.41) is 4.03. The Hall–Kier alpha value is -2.76. The van der Waals surface area contributed by atoms with E-state index >= 15 is 0 Å². The minimum Gasteiger partial charge on any atom is -0.352 e. The summed E-state index contributed by atoms with van der Waals surface area (Å²) in [6.07, 6.45) is 0.968. The third-order valence-electron chi connectivity index (χ3n) is 5.91. The molecular weight excluding hydrogens is 372 g/mol. The quantitative estimate of drug-likeness (QED) is 0.641. The van der Waals surface area contributed by atoms with Gasteiger partial charge >= 0.3 is 0 Å². The first-order chi connectivity index (χ1) is 14.6. The summed E-state index contributed by atoms with van der Waals surface area (Å²) in [5.74, 6) is -0.00858. The minimum atomic E-state index is -0.00858. The van der Waals surface area contributed by atoms with Gasteiger partial charge in [-0.05, 0) is 50.7 Å². The van der Waals surface area contributed by atoms with Crippen LogP contribution < -0.4 is 5.32 Å². The summed E-state index contributed by atoms with van der Waals surface area (Å²) in [7, 11) is 2.17. The van der Waals surface area contributed by atoms with Crippen molar-refractivity contribution >= 4 is 16.8 Å². The van der Waals surface area contributed by atoms with E-state index in [1.165, 1.54) is 0 Å². The first-order valence-corrected chi connectivity index (χ1v) is 10.8. The van der Waals surface area contributed by atoms with Crippen LogP contribution in [0.15, 0.2) is 54.6 Å². The van der Waals surface area contributed by atoms with Crippen LogP contribution in [0.4, 0.5) is 0 Å². The molecule has 0 saturated carbocycles. The van der Waals surface area contributed by atoms with E-state index in [2.05, 4.69) is 34.3 Å². The molecule has 3 aromatic rings. The first kappa shape index (κ1) is 20.5. The van der Waals surface area contributed by atoms with Crippen LogP contribution in [0, 0.1) is 6.92 Å². The topological polar surface area (TPSA) is 48.5 Å². The van der Waals surface area contributed by atoms with Crippen LogP contribution in [-0.2, 0) is 0 Å². The number of rotatable bonds is 6. The number of amides is 1. The molecule has 1 aliphatic heterocycles. The lowest BCUT2D eigenvalue weighted by atomic mass is 10.0. The zero-order chi connectivity index (χ0) is 20.9. The highest BCUT2D eigenvalue weighted by molar-refractivity contribution is 6.07. The second-order valence-corrected chi connectivity index (χ2v) is 8.14. The molecule has 0 unspecified atom stereocenters. The molecule has 0 bridgehead atoms. The molecule has 1 N–H and O–H groups in total. The maximum atomic E-state index is 13.0. The Morgan fingerprint density at radius 3 is 2.53 bits per heavy atom. The molecular formula is C25H30N4O. The molecule has 1 aromatic heterocycles. The van der Waals surface area contributed by atoms with Gasteiger partial charge in [0.25, 0.3) is 5.91 Å². The molecule has 5 nitrogen and oxygen atoms in total. The second kappa shape index (κ2) is 9.37. The summed E-state index contributed by atoms with van der Waals surface area (Å²) >= 11 is 0. The number of aromatic nitrogens is 1. The molecule has 1 fully saturated rings. The molecule has 1 saturated heterocycles. The minimum absolute atomic E-state index is 0.00858. The van der Waals surface area contributed by atoms with E-state index < -0.39 is 0 Å². The van der Waals surface area contributed by atoms with Crippen LogP contribution in [0.3, 0.4) is 0 Å². The predicted molar refractivity (Wildman–Crippen MR) is 123 cm³/mol. The van der Waals surface area contributed by atoms with Crippen molar-refractivity contribution in [3.63, 3.8) is 0 Å². The van der Waals surface area contributed by atoms with Crippen molar-refractivity contribution in [3.05, 3.63) is 65.7 Å². The first-order valence-electron chi connectivity index (χ1n) is 10.8. The van der Waals surface area contributed by atoms with Crippen LogP contribution in [0.2, 0.25) is 0 Å². The molecule has 5 heteroatoms. The van der Waals surface area contributed by atoms with Crippen molar-refractivity contribution in [2.45, 2.75) is 13.3 Å². The molecule has 30 heavy (non-hydrogen) atoms. The highest BCUT2D eigenvalue weighted by atomic mass is 16.1. The number of nitrogens with zero attached hydrogens (tertiary/aromatic N) is 3. The fourth-order valence-electron chi connectivity index (χ4n) is 4.05. The maximum absolute atomic E-state index is 13.0. The molecule has 2 aromatic carbocycles. The van der Waals surface area contributed by atoms with Gasteiger partial charge in [0.05, 0.1) is 16.8 Å². The molecule has 156 valence electrons. The molecule has 4 rings (SSSR count). The number of benzene rings is 2. The van der Waals surface area contributed by atoms with Gasteiger partial charge in [0.2, 0.25) is 0 Å². The zero-order valence-electron chi connectivity index (χ0n) is 17.9. The molecule has 2 heterocycles. The number of fused-ring (bicyclic) bond motifs is 1. The van der Waals surface area contributed by atoms with Crippen LogP contribution in [0.1, 0.15) is 22.3 Å². The van der Waals surface area contributed by atoms with Crippen molar-refractivity contribution in [1.82, 2.24) is 20.1 Å². The van der Waals surface area contributed by atoms with E-state index in [9.17, 15) is 4.79 Å². The van der Waals surface area contributed by atoms with E-state index in [4.69, 9.17) is 4.98 Å². The fourth-order valence-corrected chi connectivity index (χ4v) is 4.05. The number of pyridine rings is 1. The van der Waals surface area contributed by atoms with Crippen molar-refractivity contribution in [2.24, 2.45) is 0 Å². The number of piperazine rings is 1. The second-order valence-electron chi connectivity index (χ2n) is 8.14. The highest BCUT2D eigenvalue weighted by Crippen LogP contribution is 2.25. The van der Waals surface area contributed by atoms with Crippen molar-refractivity contribution < 1.29 is 4.79 Å². The summed E-state index contributed by atoms with van der Waals surface area (Å²) in [4.78, 5) is 22.6. The monoisotopic (exact) mass is 402 g/mol. The number of carbonyl (C=O) groups excluding carboxylic acids is 1. The van der Waals surface area contributed by atoms with Gasteiger partial charge in [-0.1, -0.05) is 36.4 Å². The number of hydrogen-bond donors (Lipinski definition) is 1. The van der Waals surface area contributed by atoms with Crippen molar-refractivity contribution in [1.29, 1.82) is 0 Å². The van der Waals surface area contributed by atoms with Crippen LogP contribution >= 0.6 is 0 Å². The van der Waals surface area contributed by atoms with Crippen LogP contribution in [-0.4, -0.2) is 67.0 Å². The molecule has 0 spiro atoms. The Bertz CT molecular complexity index is 1010. The van der Waals surface area contributed by atoms with Gasteiger partial charge in [0.15, 0.2) is 0 Å². The Morgan fingerprint density at radius 2 is 1.77 bits per heavy atom. The third kappa shape index (κ3) is 4.69. The van der Waals surface area contributed by atoms with Crippen molar-refractivity contribution in [2.75, 3.05) is 46.3 Å².